The van der Waals surface area contributed by atoms with Crippen molar-refractivity contribution in [2.75, 3.05) is 13.2 Å². The van der Waals surface area contributed by atoms with Crippen molar-refractivity contribution >= 4 is 18.0 Å². The number of hydrogen-bond donors (Lipinski definition) is 3. The van der Waals surface area contributed by atoms with E-state index in [-0.39, 0.29) is 36.8 Å². The summed E-state index contributed by atoms with van der Waals surface area (Å²) in [7, 11) is 0. The molecule has 4 rings (SSSR count). The summed E-state index contributed by atoms with van der Waals surface area (Å²) < 4.78 is 5.65. The van der Waals surface area contributed by atoms with E-state index in [9.17, 15) is 14.4 Å². The molecule has 2 aromatic carbocycles. The molecule has 35 heavy (non-hydrogen) atoms. The van der Waals surface area contributed by atoms with Gasteiger partial charge in [0, 0.05) is 24.9 Å². The van der Waals surface area contributed by atoms with Crippen LogP contribution < -0.4 is 10.6 Å². The summed E-state index contributed by atoms with van der Waals surface area (Å²) in [5, 5.41) is 14.8. The molecule has 2 atom stereocenters. The maximum atomic E-state index is 12.5. The Morgan fingerprint density at radius 3 is 2.26 bits per heavy atom. The summed E-state index contributed by atoms with van der Waals surface area (Å²) in [6.07, 6.45) is 2.37. The molecule has 0 aromatic heterocycles. The van der Waals surface area contributed by atoms with Crippen LogP contribution in [0.3, 0.4) is 0 Å². The molecule has 0 radical (unpaired) electrons. The van der Waals surface area contributed by atoms with Crippen molar-refractivity contribution in [1.29, 1.82) is 0 Å². The van der Waals surface area contributed by atoms with Crippen molar-refractivity contribution in [3.63, 3.8) is 0 Å². The molecule has 0 saturated heterocycles. The van der Waals surface area contributed by atoms with Crippen LogP contribution in [0, 0.1) is 11.3 Å². The lowest BCUT2D eigenvalue weighted by Crippen LogP contribution is -2.36. The number of amides is 2. The molecule has 1 fully saturated rings. The Morgan fingerprint density at radius 1 is 1.00 bits per heavy atom. The average Bonchev–Trinajstić information content (AvgIpc) is 3.37. The third kappa shape index (κ3) is 6.21. The number of benzene rings is 2. The van der Waals surface area contributed by atoms with E-state index < -0.39 is 17.5 Å². The van der Waals surface area contributed by atoms with Crippen LogP contribution >= 0.6 is 0 Å². The minimum Gasteiger partial charge on any atom is -0.481 e. The zero-order valence-electron chi connectivity index (χ0n) is 20.4. The number of alkyl carbamates (subject to hydrolysis) is 1. The highest BCUT2D eigenvalue weighted by molar-refractivity contribution is 5.79. The van der Waals surface area contributed by atoms with Crippen LogP contribution in [0.4, 0.5) is 4.79 Å². The second-order valence-electron chi connectivity index (χ2n) is 10.6. The van der Waals surface area contributed by atoms with Gasteiger partial charge >= 0.3 is 12.1 Å². The van der Waals surface area contributed by atoms with Crippen molar-refractivity contribution in [3.05, 3.63) is 59.7 Å². The van der Waals surface area contributed by atoms with Crippen LogP contribution in [0.15, 0.2) is 48.5 Å². The smallest absolute Gasteiger partial charge is 0.407 e. The Hall–Kier alpha value is -3.35. The van der Waals surface area contributed by atoms with Crippen LogP contribution in [-0.2, 0) is 14.3 Å². The number of rotatable bonds is 9. The molecule has 7 nitrogen and oxygen atoms in total. The number of nitrogens with one attached hydrogen (secondary N) is 2. The predicted octanol–water partition coefficient (Wildman–Crippen LogP) is 4.70. The zero-order chi connectivity index (χ0) is 25.0. The highest BCUT2D eigenvalue weighted by Crippen LogP contribution is 2.44. The van der Waals surface area contributed by atoms with Gasteiger partial charge in [-0.2, -0.15) is 0 Å². The SMILES string of the molecule is CC(C)(CNC(=O)C[C@H]1CC[C@@H](NC(=O)OCC2c3ccccc3-c3ccccc32)C1)CC(=O)O. The molecule has 186 valence electrons. The van der Waals surface area contributed by atoms with Crippen LogP contribution in [0.5, 0.6) is 0 Å². The lowest BCUT2D eigenvalue weighted by molar-refractivity contribution is -0.139. The van der Waals surface area contributed by atoms with Crippen molar-refractivity contribution in [1.82, 2.24) is 10.6 Å². The second kappa shape index (κ2) is 10.5. The van der Waals surface area contributed by atoms with Crippen LogP contribution in [0.2, 0.25) is 0 Å². The molecule has 0 aliphatic heterocycles. The molecule has 2 aromatic rings. The van der Waals surface area contributed by atoms with E-state index in [1.54, 1.807) is 0 Å². The maximum absolute atomic E-state index is 12.5. The molecule has 3 N–H and O–H groups in total. The molecule has 0 spiro atoms. The standard InChI is InChI=1S/C28H34N2O5/c1-28(2,15-26(32)33)17-29-25(31)14-18-11-12-19(13-18)30-27(34)35-16-24-22-9-5-3-7-20(22)21-8-4-6-10-23(21)24/h3-10,18-19,24H,11-17H2,1-2H3,(H,29,31)(H,30,34)(H,32,33)/t18-,19+/m0/s1. The summed E-state index contributed by atoms with van der Waals surface area (Å²) in [6.45, 7) is 4.26. The normalized spacial score (nSPS) is 19.0. The minimum atomic E-state index is -0.873. The second-order valence-corrected chi connectivity index (χ2v) is 10.6. The lowest BCUT2D eigenvalue weighted by Gasteiger charge is -2.23. The fourth-order valence-electron chi connectivity index (χ4n) is 5.34. The molecule has 0 unspecified atom stereocenters. The minimum absolute atomic E-state index is 0.00282. The highest BCUT2D eigenvalue weighted by atomic mass is 16.5. The molecule has 2 aliphatic carbocycles. The molecule has 7 heteroatoms. The van der Waals surface area contributed by atoms with Crippen LogP contribution in [-0.4, -0.2) is 42.3 Å². The number of fused-ring (bicyclic) bond motifs is 3. The maximum Gasteiger partial charge on any atom is 0.407 e. The third-order valence-electron chi connectivity index (χ3n) is 7.07. The summed E-state index contributed by atoms with van der Waals surface area (Å²) in [4.78, 5) is 35.8. The first-order valence-corrected chi connectivity index (χ1v) is 12.3. The summed E-state index contributed by atoms with van der Waals surface area (Å²) in [5.41, 5.74) is 4.26. The molecule has 0 bridgehead atoms. The highest BCUT2D eigenvalue weighted by Gasteiger charge is 2.31. The van der Waals surface area contributed by atoms with Gasteiger partial charge in [-0.1, -0.05) is 62.4 Å². The molecule has 2 amide bonds. The Balaban J connectivity index is 1.22. The number of carboxylic acid groups (broad SMARTS) is 1. The first-order chi connectivity index (χ1) is 16.7. The number of aliphatic carboxylic acids is 1. The van der Waals surface area contributed by atoms with Crippen LogP contribution in [0.1, 0.15) is 63.0 Å². The fourth-order valence-corrected chi connectivity index (χ4v) is 5.34. The fraction of sp³-hybridized carbons (Fsp3) is 0.464. The summed E-state index contributed by atoms with van der Waals surface area (Å²) in [5.74, 6) is -0.729. The van der Waals surface area contributed by atoms with Crippen molar-refractivity contribution in [2.45, 2.75) is 57.9 Å². The van der Waals surface area contributed by atoms with E-state index in [2.05, 4.69) is 34.9 Å². The van der Waals surface area contributed by atoms with E-state index in [4.69, 9.17) is 9.84 Å². The van der Waals surface area contributed by atoms with Gasteiger partial charge in [0.05, 0.1) is 6.42 Å². The van der Waals surface area contributed by atoms with E-state index in [0.29, 0.717) is 13.0 Å². The molecule has 2 aliphatic rings. The quantitative estimate of drug-likeness (QED) is 0.485. The largest absolute Gasteiger partial charge is 0.481 e. The van der Waals surface area contributed by atoms with Gasteiger partial charge in [0.1, 0.15) is 6.61 Å². The van der Waals surface area contributed by atoms with E-state index in [1.807, 2.05) is 38.1 Å². The van der Waals surface area contributed by atoms with Crippen molar-refractivity contribution in [2.24, 2.45) is 11.3 Å². The average molecular weight is 479 g/mol. The number of carbonyl (C=O) groups is 3. The first-order valence-electron chi connectivity index (χ1n) is 12.3. The predicted molar refractivity (Wildman–Crippen MR) is 133 cm³/mol. The van der Waals surface area contributed by atoms with Gasteiger partial charge in [-0.05, 0) is 52.8 Å². The van der Waals surface area contributed by atoms with Gasteiger partial charge in [0.15, 0.2) is 0 Å². The monoisotopic (exact) mass is 478 g/mol. The van der Waals surface area contributed by atoms with E-state index in [0.717, 1.165) is 19.3 Å². The van der Waals surface area contributed by atoms with Crippen LogP contribution in [0.25, 0.3) is 11.1 Å². The van der Waals surface area contributed by atoms with Crippen molar-refractivity contribution < 1.29 is 24.2 Å². The van der Waals surface area contributed by atoms with Gasteiger partial charge in [0.2, 0.25) is 5.91 Å². The van der Waals surface area contributed by atoms with Crippen molar-refractivity contribution in [3.8, 4) is 11.1 Å². The van der Waals surface area contributed by atoms with Gasteiger partial charge in [-0.15, -0.1) is 0 Å². The number of carbonyl (C=O) groups excluding carboxylic acids is 2. The van der Waals surface area contributed by atoms with E-state index in [1.165, 1.54) is 22.3 Å². The summed E-state index contributed by atoms with van der Waals surface area (Å²) in [6, 6.07) is 16.5. The molecule has 0 heterocycles. The number of hydrogen-bond acceptors (Lipinski definition) is 4. The third-order valence-corrected chi connectivity index (χ3v) is 7.07. The number of ether oxygens (including phenoxy) is 1. The zero-order valence-corrected chi connectivity index (χ0v) is 20.4. The number of carboxylic acids is 1. The van der Waals surface area contributed by atoms with E-state index >= 15 is 0 Å². The topological polar surface area (TPSA) is 105 Å². The Kier molecular flexibility index (Phi) is 7.43. The molecular weight excluding hydrogens is 444 g/mol. The van der Waals surface area contributed by atoms with Gasteiger partial charge < -0.3 is 20.5 Å². The summed E-state index contributed by atoms with van der Waals surface area (Å²) >= 11 is 0. The Labute approximate surface area is 206 Å². The Bertz CT molecular complexity index is 1050. The van der Waals surface area contributed by atoms with Gasteiger partial charge in [0.25, 0.3) is 0 Å². The first kappa shape index (κ1) is 24.8. The molecular formula is C28H34N2O5. The molecule has 1 saturated carbocycles. The van der Waals surface area contributed by atoms with Gasteiger partial charge in [-0.3, -0.25) is 9.59 Å². The lowest BCUT2D eigenvalue weighted by atomic mass is 9.89. The Morgan fingerprint density at radius 2 is 1.63 bits per heavy atom. The van der Waals surface area contributed by atoms with Gasteiger partial charge in [-0.25, -0.2) is 4.79 Å².